The fourth-order valence-corrected chi connectivity index (χ4v) is 1.32. The molecule has 0 aliphatic heterocycles. The monoisotopic (exact) mass is 328 g/mol. The van der Waals surface area contributed by atoms with E-state index in [2.05, 4.69) is 16.4 Å². The predicted molar refractivity (Wildman–Crippen MR) is 86.2 cm³/mol. The first-order chi connectivity index (χ1) is 11.4. The summed E-state index contributed by atoms with van der Waals surface area (Å²) in [6.45, 7) is 4.60. The van der Waals surface area contributed by atoms with E-state index < -0.39 is 17.9 Å². The molecule has 124 valence electrons. The molecule has 1 N–H and O–H groups in total. The van der Waals surface area contributed by atoms with Gasteiger partial charge in [0.15, 0.2) is 0 Å². The largest absolute Gasteiger partial charge is 0.478 e. The summed E-state index contributed by atoms with van der Waals surface area (Å²) in [5, 5.41) is 7.89. The molecule has 24 heavy (non-hydrogen) atoms. The summed E-state index contributed by atoms with van der Waals surface area (Å²) < 4.78 is 0. The Morgan fingerprint density at radius 1 is 0.792 bits per heavy atom. The summed E-state index contributed by atoms with van der Waals surface area (Å²) in [4.78, 5) is 41.5. The number of rotatable bonds is 3. The van der Waals surface area contributed by atoms with E-state index in [1.165, 1.54) is 6.92 Å². The molecule has 2 aromatic rings. The maximum atomic E-state index is 11.5. The summed E-state index contributed by atoms with van der Waals surface area (Å²) in [5.74, 6) is -2.35. The first-order valence-electron chi connectivity index (χ1n) is 6.84. The molecule has 0 aromatic heterocycles. The molecular formula is C18H16O6. The van der Waals surface area contributed by atoms with E-state index >= 15 is 0 Å². The van der Waals surface area contributed by atoms with E-state index in [9.17, 15) is 14.4 Å². The van der Waals surface area contributed by atoms with Crippen molar-refractivity contribution in [3.8, 4) is 0 Å². The minimum absolute atomic E-state index is 0.176. The van der Waals surface area contributed by atoms with Crippen molar-refractivity contribution in [2.24, 2.45) is 0 Å². The molecule has 0 unspecified atom stereocenters. The Hall–Kier alpha value is -3.41. The Morgan fingerprint density at radius 2 is 1.08 bits per heavy atom. The molecule has 0 spiro atoms. The van der Waals surface area contributed by atoms with Gasteiger partial charge in [0.1, 0.15) is 0 Å². The van der Waals surface area contributed by atoms with Crippen LogP contribution in [0.3, 0.4) is 0 Å². The van der Waals surface area contributed by atoms with Gasteiger partial charge in [0.05, 0.1) is 11.1 Å². The summed E-state index contributed by atoms with van der Waals surface area (Å²) in [5.41, 5.74) is 0.812. The Morgan fingerprint density at radius 3 is 1.33 bits per heavy atom. The van der Waals surface area contributed by atoms with Gasteiger partial charge in [-0.2, -0.15) is 0 Å². The molecular weight excluding hydrogens is 312 g/mol. The van der Waals surface area contributed by atoms with Gasteiger partial charge in [-0.25, -0.2) is 24.2 Å². The molecule has 0 aliphatic rings. The Bertz CT molecular complexity index is 643. The van der Waals surface area contributed by atoms with Crippen LogP contribution in [0.15, 0.2) is 72.8 Å². The molecule has 0 radical (unpaired) electrons. The standard InChI is InChI=1S/C14H10O4.C4H6O2/c15-13(11-7-3-1-4-8-11)17-18-14(16)12-9-5-2-6-10-12;1-3(2)4(5)6/h1-10H;1H2,2H3,(H,5,6). The van der Waals surface area contributed by atoms with Gasteiger partial charge in [0.2, 0.25) is 0 Å². The van der Waals surface area contributed by atoms with Gasteiger partial charge in [-0.1, -0.05) is 43.0 Å². The van der Waals surface area contributed by atoms with Crippen molar-refractivity contribution in [1.82, 2.24) is 0 Å². The molecule has 0 fully saturated rings. The van der Waals surface area contributed by atoms with E-state index in [4.69, 9.17) is 5.11 Å². The van der Waals surface area contributed by atoms with Crippen molar-refractivity contribution < 1.29 is 29.3 Å². The van der Waals surface area contributed by atoms with Crippen molar-refractivity contribution in [2.45, 2.75) is 6.92 Å². The Labute approximate surface area is 138 Å². The first kappa shape index (κ1) is 18.6. The van der Waals surface area contributed by atoms with Gasteiger partial charge in [-0.15, -0.1) is 0 Å². The lowest BCUT2D eigenvalue weighted by atomic mass is 10.2. The average molecular weight is 328 g/mol. The molecule has 0 aliphatic carbocycles. The third-order valence-corrected chi connectivity index (χ3v) is 2.58. The zero-order valence-corrected chi connectivity index (χ0v) is 13.0. The lowest BCUT2D eigenvalue weighted by molar-refractivity contribution is -0.187. The van der Waals surface area contributed by atoms with Gasteiger partial charge < -0.3 is 5.11 Å². The van der Waals surface area contributed by atoms with Crippen LogP contribution >= 0.6 is 0 Å². The highest BCUT2D eigenvalue weighted by Gasteiger charge is 2.12. The van der Waals surface area contributed by atoms with Crippen LogP contribution in [-0.4, -0.2) is 23.0 Å². The highest BCUT2D eigenvalue weighted by Crippen LogP contribution is 2.05. The van der Waals surface area contributed by atoms with Crippen LogP contribution in [-0.2, 0) is 14.6 Å². The molecule has 6 heteroatoms. The lowest BCUT2D eigenvalue weighted by Crippen LogP contribution is -2.11. The summed E-state index contributed by atoms with van der Waals surface area (Å²) in [7, 11) is 0. The van der Waals surface area contributed by atoms with Crippen LogP contribution in [0.1, 0.15) is 27.6 Å². The number of aliphatic carboxylic acids is 1. The van der Waals surface area contributed by atoms with Gasteiger partial charge in [0.25, 0.3) is 0 Å². The predicted octanol–water partition coefficient (Wildman–Crippen LogP) is 3.26. The zero-order chi connectivity index (χ0) is 17.9. The Balaban J connectivity index is 0.000000413. The van der Waals surface area contributed by atoms with E-state index in [0.717, 1.165) is 0 Å². The highest BCUT2D eigenvalue weighted by molar-refractivity contribution is 5.92. The minimum atomic E-state index is -0.935. The number of hydrogen-bond acceptors (Lipinski definition) is 5. The number of carboxylic acids is 1. The lowest BCUT2D eigenvalue weighted by Gasteiger charge is -2.02. The van der Waals surface area contributed by atoms with Crippen LogP contribution in [0.5, 0.6) is 0 Å². The Kier molecular flexibility index (Phi) is 7.44. The van der Waals surface area contributed by atoms with Crippen molar-refractivity contribution >= 4 is 17.9 Å². The second kappa shape index (κ2) is 9.58. The van der Waals surface area contributed by atoms with Crippen LogP contribution in [0, 0.1) is 0 Å². The second-order valence-electron chi connectivity index (χ2n) is 4.56. The van der Waals surface area contributed by atoms with Crippen molar-refractivity contribution in [3.05, 3.63) is 83.9 Å². The van der Waals surface area contributed by atoms with Crippen molar-refractivity contribution in [2.75, 3.05) is 0 Å². The number of benzene rings is 2. The number of hydrogen-bond donors (Lipinski definition) is 1. The highest BCUT2D eigenvalue weighted by atomic mass is 17.2. The van der Waals surface area contributed by atoms with Gasteiger partial charge >= 0.3 is 17.9 Å². The fraction of sp³-hybridized carbons (Fsp3) is 0.0556. The number of carbonyl (C=O) groups is 3. The van der Waals surface area contributed by atoms with E-state index in [1.807, 2.05) is 0 Å². The third-order valence-electron chi connectivity index (χ3n) is 2.58. The zero-order valence-electron chi connectivity index (χ0n) is 13.0. The minimum Gasteiger partial charge on any atom is -0.478 e. The maximum Gasteiger partial charge on any atom is 0.386 e. The molecule has 0 amide bonds. The number of carboxylic acid groups (broad SMARTS) is 1. The third kappa shape index (κ3) is 6.57. The van der Waals surface area contributed by atoms with E-state index in [-0.39, 0.29) is 5.57 Å². The molecule has 0 atom stereocenters. The molecule has 0 bridgehead atoms. The maximum absolute atomic E-state index is 11.5. The number of carbonyl (C=O) groups excluding carboxylic acids is 2. The fourth-order valence-electron chi connectivity index (χ4n) is 1.32. The van der Waals surface area contributed by atoms with Crippen molar-refractivity contribution in [1.29, 1.82) is 0 Å². The first-order valence-corrected chi connectivity index (χ1v) is 6.84. The molecule has 0 heterocycles. The summed E-state index contributed by atoms with van der Waals surface area (Å²) >= 11 is 0. The molecule has 6 nitrogen and oxygen atoms in total. The van der Waals surface area contributed by atoms with Crippen LogP contribution in [0.2, 0.25) is 0 Å². The van der Waals surface area contributed by atoms with Crippen molar-refractivity contribution in [3.63, 3.8) is 0 Å². The van der Waals surface area contributed by atoms with Crippen LogP contribution in [0.25, 0.3) is 0 Å². The molecule has 2 aromatic carbocycles. The summed E-state index contributed by atoms with van der Waals surface area (Å²) in [6.07, 6.45) is 0. The van der Waals surface area contributed by atoms with E-state index in [0.29, 0.717) is 11.1 Å². The van der Waals surface area contributed by atoms with Gasteiger partial charge in [0, 0.05) is 5.57 Å². The topological polar surface area (TPSA) is 89.9 Å². The smallest absolute Gasteiger partial charge is 0.386 e. The average Bonchev–Trinajstić information content (AvgIpc) is 2.61. The van der Waals surface area contributed by atoms with Crippen LogP contribution < -0.4 is 0 Å². The molecule has 0 saturated carbocycles. The van der Waals surface area contributed by atoms with Crippen LogP contribution in [0.4, 0.5) is 0 Å². The van der Waals surface area contributed by atoms with Gasteiger partial charge in [-0.3, -0.25) is 0 Å². The second-order valence-corrected chi connectivity index (χ2v) is 4.56. The quantitative estimate of drug-likeness (QED) is 0.528. The van der Waals surface area contributed by atoms with Gasteiger partial charge in [-0.05, 0) is 31.2 Å². The van der Waals surface area contributed by atoms with E-state index in [1.54, 1.807) is 60.7 Å². The molecule has 2 rings (SSSR count). The normalized spacial score (nSPS) is 9.04. The molecule has 0 saturated heterocycles. The summed E-state index contributed by atoms with van der Waals surface area (Å²) in [6, 6.07) is 16.6. The SMILES string of the molecule is C=C(C)C(=O)O.O=C(OOC(=O)c1ccccc1)c1ccccc1.